The van der Waals surface area contributed by atoms with Crippen molar-refractivity contribution in [3.8, 4) is 0 Å². The molecule has 0 aliphatic heterocycles. The van der Waals surface area contributed by atoms with Gasteiger partial charge in [0, 0.05) is 0 Å². The van der Waals surface area contributed by atoms with E-state index in [1.807, 2.05) is 0 Å². The number of aliphatic carboxylic acids is 1. The molecule has 1 N–H and O–H groups in total. The van der Waals surface area contributed by atoms with Crippen molar-refractivity contribution in [3.05, 3.63) is 58.3 Å². The Morgan fingerprint density at radius 3 is 2.22 bits per heavy atom. The van der Waals surface area contributed by atoms with Crippen molar-refractivity contribution in [2.45, 2.75) is 4.90 Å². The molecule has 0 amide bonds. The van der Waals surface area contributed by atoms with Crippen LogP contribution in [0, 0.1) is 5.82 Å². The zero-order valence-corrected chi connectivity index (χ0v) is 13.7. The van der Waals surface area contributed by atoms with Gasteiger partial charge in [-0.3, -0.25) is 9.10 Å². The summed E-state index contributed by atoms with van der Waals surface area (Å²) in [6.45, 7) is -0.825. The molecule has 23 heavy (non-hydrogen) atoms. The van der Waals surface area contributed by atoms with Crippen LogP contribution >= 0.6 is 23.2 Å². The van der Waals surface area contributed by atoms with Crippen LogP contribution in [-0.4, -0.2) is 26.0 Å². The second-order valence-corrected chi connectivity index (χ2v) is 7.13. The van der Waals surface area contributed by atoms with Crippen LogP contribution in [0.25, 0.3) is 0 Å². The van der Waals surface area contributed by atoms with E-state index in [1.165, 1.54) is 24.3 Å². The van der Waals surface area contributed by atoms with Gasteiger partial charge in [0.15, 0.2) is 0 Å². The Hall–Kier alpha value is -1.83. The van der Waals surface area contributed by atoms with E-state index in [4.69, 9.17) is 28.3 Å². The van der Waals surface area contributed by atoms with Crippen molar-refractivity contribution in [1.82, 2.24) is 0 Å². The zero-order valence-electron chi connectivity index (χ0n) is 11.4. The van der Waals surface area contributed by atoms with Crippen LogP contribution in [-0.2, 0) is 14.8 Å². The Labute approximate surface area is 141 Å². The predicted octanol–water partition coefficient (Wildman–Crippen LogP) is 3.41. The number of rotatable bonds is 5. The summed E-state index contributed by atoms with van der Waals surface area (Å²) in [4.78, 5) is 10.8. The average Bonchev–Trinajstić information content (AvgIpc) is 2.48. The molecule has 0 bridgehead atoms. The summed E-state index contributed by atoms with van der Waals surface area (Å²) < 4.78 is 39.0. The maximum absolute atomic E-state index is 13.0. The van der Waals surface area contributed by atoms with Gasteiger partial charge in [-0.25, -0.2) is 12.8 Å². The third-order valence-electron chi connectivity index (χ3n) is 2.87. The van der Waals surface area contributed by atoms with Gasteiger partial charge in [-0.15, -0.1) is 0 Å². The number of carbonyl (C=O) groups is 1. The summed E-state index contributed by atoms with van der Waals surface area (Å²) in [7, 11) is -4.21. The Kier molecular flexibility index (Phi) is 5.13. The molecular formula is C14H10Cl2FNO4S. The van der Waals surface area contributed by atoms with Gasteiger partial charge >= 0.3 is 5.97 Å². The van der Waals surface area contributed by atoms with Gasteiger partial charge in [0.05, 0.1) is 20.6 Å². The van der Waals surface area contributed by atoms with E-state index in [9.17, 15) is 17.6 Å². The topological polar surface area (TPSA) is 74.7 Å². The number of benzene rings is 2. The molecule has 0 aliphatic rings. The van der Waals surface area contributed by atoms with E-state index >= 15 is 0 Å². The highest BCUT2D eigenvalue weighted by Crippen LogP contribution is 2.29. The lowest BCUT2D eigenvalue weighted by atomic mass is 10.3. The summed E-state index contributed by atoms with van der Waals surface area (Å²) >= 11 is 11.6. The van der Waals surface area contributed by atoms with Crippen molar-refractivity contribution in [2.75, 3.05) is 10.8 Å². The van der Waals surface area contributed by atoms with Gasteiger partial charge in [-0.05, 0) is 42.5 Å². The van der Waals surface area contributed by atoms with Crippen LogP contribution in [0.4, 0.5) is 10.1 Å². The third-order valence-corrected chi connectivity index (χ3v) is 5.38. The number of nitrogens with zero attached hydrogens (tertiary/aromatic N) is 1. The number of hydrogen-bond donors (Lipinski definition) is 1. The van der Waals surface area contributed by atoms with E-state index in [0.29, 0.717) is 4.31 Å². The summed E-state index contributed by atoms with van der Waals surface area (Å²) in [5.41, 5.74) is 0.0138. The molecule has 2 rings (SSSR count). The Bertz CT molecular complexity index is 840. The minimum Gasteiger partial charge on any atom is -0.480 e. The van der Waals surface area contributed by atoms with Crippen LogP contribution in [0.3, 0.4) is 0 Å². The number of sulfonamides is 1. The molecule has 0 radical (unpaired) electrons. The summed E-state index contributed by atoms with van der Waals surface area (Å²) in [6, 6.07) is 8.05. The van der Waals surface area contributed by atoms with E-state index in [0.717, 1.165) is 18.2 Å². The lowest BCUT2D eigenvalue weighted by Crippen LogP contribution is -2.35. The predicted molar refractivity (Wildman–Crippen MR) is 85.0 cm³/mol. The molecule has 0 unspecified atom stereocenters. The first-order valence-electron chi connectivity index (χ1n) is 6.17. The highest BCUT2D eigenvalue weighted by atomic mass is 35.5. The minimum absolute atomic E-state index is 0.0138. The lowest BCUT2D eigenvalue weighted by molar-refractivity contribution is -0.135. The van der Waals surface area contributed by atoms with E-state index in [-0.39, 0.29) is 20.6 Å². The van der Waals surface area contributed by atoms with Gasteiger partial charge < -0.3 is 5.11 Å². The van der Waals surface area contributed by atoms with E-state index in [1.54, 1.807) is 0 Å². The number of carboxylic acids is 1. The van der Waals surface area contributed by atoms with Crippen LogP contribution in [0.1, 0.15) is 0 Å². The largest absolute Gasteiger partial charge is 0.480 e. The lowest BCUT2D eigenvalue weighted by Gasteiger charge is -2.22. The van der Waals surface area contributed by atoms with Crippen molar-refractivity contribution in [3.63, 3.8) is 0 Å². The molecule has 0 saturated carbocycles. The second-order valence-electron chi connectivity index (χ2n) is 4.46. The van der Waals surface area contributed by atoms with E-state index < -0.39 is 28.4 Å². The number of halogens is 3. The fraction of sp³-hybridized carbons (Fsp3) is 0.0714. The van der Waals surface area contributed by atoms with Gasteiger partial charge in [0.25, 0.3) is 10.0 Å². The van der Waals surface area contributed by atoms with Crippen LogP contribution < -0.4 is 4.31 Å². The summed E-state index contributed by atoms with van der Waals surface area (Å²) in [6.07, 6.45) is 0. The quantitative estimate of drug-likeness (QED) is 0.865. The first kappa shape index (κ1) is 17.5. The molecule has 0 aliphatic carbocycles. The fourth-order valence-corrected chi connectivity index (χ4v) is 3.61. The number of carboxylic acid groups (broad SMARTS) is 1. The highest BCUT2D eigenvalue weighted by Gasteiger charge is 2.27. The van der Waals surface area contributed by atoms with Gasteiger partial charge in [0.2, 0.25) is 0 Å². The van der Waals surface area contributed by atoms with Crippen LogP contribution in [0.5, 0.6) is 0 Å². The second kappa shape index (κ2) is 6.74. The maximum Gasteiger partial charge on any atom is 0.324 e. The number of anilines is 1. The molecule has 2 aromatic rings. The van der Waals surface area contributed by atoms with Gasteiger partial charge in [-0.1, -0.05) is 23.2 Å². The molecular weight excluding hydrogens is 368 g/mol. The van der Waals surface area contributed by atoms with Crippen LogP contribution in [0.15, 0.2) is 47.4 Å². The first-order valence-corrected chi connectivity index (χ1v) is 8.36. The molecule has 0 fully saturated rings. The molecule has 9 heteroatoms. The average molecular weight is 378 g/mol. The van der Waals surface area contributed by atoms with E-state index in [2.05, 4.69) is 0 Å². The van der Waals surface area contributed by atoms with Crippen molar-refractivity contribution in [1.29, 1.82) is 0 Å². The monoisotopic (exact) mass is 377 g/mol. The molecule has 0 atom stereocenters. The molecule has 0 saturated heterocycles. The Balaban J connectivity index is 2.54. The SMILES string of the molecule is O=C(O)CN(c1ccc(F)cc1)S(=O)(=O)c1ccc(Cl)c(Cl)c1. The standard InChI is InChI=1S/C14H10Cl2FNO4S/c15-12-6-5-11(7-13(12)16)23(21,22)18(8-14(19)20)10-3-1-9(17)2-4-10/h1-7H,8H2,(H,19,20). The van der Waals surface area contributed by atoms with Gasteiger partial charge in [0.1, 0.15) is 12.4 Å². The first-order chi connectivity index (χ1) is 10.7. The minimum atomic E-state index is -4.21. The number of hydrogen-bond acceptors (Lipinski definition) is 3. The summed E-state index contributed by atoms with van der Waals surface area (Å²) in [5, 5.41) is 9.16. The maximum atomic E-state index is 13.0. The fourth-order valence-electron chi connectivity index (χ4n) is 1.81. The summed E-state index contributed by atoms with van der Waals surface area (Å²) in [5.74, 6) is -1.94. The molecule has 0 spiro atoms. The molecule has 0 aromatic heterocycles. The normalized spacial score (nSPS) is 11.3. The third kappa shape index (κ3) is 3.93. The van der Waals surface area contributed by atoms with Crippen molar-refractivity contribution >= 4 is 44.9 Å². The Morgan fingerprint density at radius 1 is 1.09 bits per heavy atom. The highest BCUT2D eigenvalue weighted by molar-refractivity contribution is 7.92. The molecule has 122 valence electrons. The van der Waals surface area contributed by atoms with Crippen LogP contribution in [0.2, 0.25) is 10.0 Å². The Morgan fingerprint density at radius 2 is 1.70 bits per heavy atom. The molecule has 2 aromatic carbocycles. The smallest absolute Gasteiger partial charge is 0.324 e. The zero-order chi connectivity index (χ0) is 17.2. The van der Waals surface area contributed by atoms with Crippen molar-refractivity contribution in [2.24, 2.45) is 0 Å². The van der Waals surface area contributed by atoms with Gasteiger partial charge in [-0.2, -0.15) is 0 Å². The molecule has 0 heterocycles. The molecule has 5 nitrogen and oxygen atoms in total. The van der Waals surface area contributed by atoms with Crippen molar-refractivity contribution < 1.29 is 22.7 Å².